The molecule has 17 heavy (non-hydrogen) atoms. The van der Waals surface area contributed by atoms with Crippen molar-refractivity contribution in [2.24, 2.45) is 0 Å². The molecule has 0 aliphatic carbocycles. The van der Waals surface area contributed by atoms with Crippen LogP contribution in [0.2, 0.25) is 0 Å². The van der Waals surface area contributed by atoms with Gasteiger partial charge in [-0.2, -0.15) is 0 Å². The first-order valence-corrected chi connectivity index (χ1v) is 5.92. The average Bonchev–Trinajstić information content (AvgIpc) is 2.69. The van der Waals surface area contributed by atoms with E-state index in [1.165, 1.54) is 17.7 Å². The van der Waals surface area contributed by atoms with E-state index in [0.29, 0.717) is 4.70 Å². The van der Waals surface area contributed by atoms with Gasteiger partial charge in [-0.1, -0.05) is 0 Å². The first kappa shape index (κ1) is 10.2. The largest absolute Gasteiger partial charge is 0.377 e. The highest BCUT2D eigenvalue weighted by molar-refractivity contribution is 7.25. The summed E-state index contributed by atoms with van der Waals surface area (Å²) >= 11 is 1.38. The highest BCUT2D eigenvalue weighted by atomic mass is 32.1. The summed E-state index contributed by atoms with van der Waals surface area (Å²) in [6.45, 7) is 0. The number of pyridine rings is 1. The first-order valence-electron chi connectivity index (χ1n) is 5.10. The number of H-pyrrole nitrogens is 1. The highest BCUT2D eigenvalue weighted by Gasteiger charge is 2.14. The molecule has 3 aromatic heterocycles. The van der Waals surface area contributed by atoms with E-state index in [2.05, 4.69) is 15.0 Å². The zero-order valence-electron chi connectivity index (χ0n) is 9.39. The summed E-state index contributed by atoms with van der Waals surface area (Å²) < 4.78 is 0.629. The van der Waals surface area contributed by atoms with Crippen molar-refractivity contribution in [1.82, 2.24) is 15.0 Å². The molecule has 0 radical (unpaired) electrons. The van der Waals surface area contributed by atoms with Crippen molar-refractivity contribution in [2.45, 2.75) is 0 Å². The van der Waals surface area contributed by atoms with Crippen LogP contribution in [-0.4, -0.2) is 29.0 Å². The second kappa shape index (κ2) is 3.53. The molecule has 0 unspecified atom stereocenters. The van der Waals surface area contributed by atoms with Crippen LogP contribution < -0.4 is 10.5 Å². The number of anilines is 1. The van der Waals surface area contributed by atoms with E-state index in [4.69, 9.17) is 0 Å². The third kappa shape index (κ3) is 1.41. The number of thiophene rings is 1. The van der Waals surface area contributed by atoms with Crippen LogP contribution >= 0.6 is 11.3 Å². The number of aromatic nitrogens is 3. The van der Waals surface area contributed by atoms with Crippen molar-refractivity contribution in [3.8, 4) is 0 Å². The van der Waals surface area contributed by atoms with Crippen LogP contribution in [-0.2, 0) is 0 Å². The summed E-state index contributed by atoms with van der Waals surface area (Å²) in [5.41, 5.74) is 1.65. The third-order valence-electron chi connectivity index (χ3n) is 2.62. The lowest BCUT2D eigenvalue weighted by Crippen LogP contribution is -2.09. The van der Waals surface area contributed by atoms with Crippen molar-refractivity contribution < 1.29 is 0 Å². The van der Waals surface area contributed by atoms with Crippen LogP contribution in [0.25, 0.3) is 20.4 Å². The van der Waals surface area contributed by atoms with Crippen molar-refractivity contribution in [1.29, 1.82) is 0 Å². The summed E-state index contributed by atoms with van der Waals surface area (Å²) in [5, 5.41) is 0.948. The molecular weight excluding hydrogens is 236 g/mol. The van der Waals surface area contributed by atoms with Crippen molar-refractivity contribution in [2.75, 3.05) is 19.0 Å². The molecular formula is C11H10N4OS. The first-order chi connectivity index (χ1) is 8.18. The Hall–Kier alpha value is -1.95. The van der Waals surface area contributed by atoms with Crippen molar-refractivity contribution in [3.63, 3.8) is 0 Å². The molecule has 0 spiro atoms. The Kier molecular flexibility index (Phi) is 2.12. The van der Waals surface area contributed by atoms with E-state index >= 15 is 0 Å². The maximum absolute atomic E-state index is 11.7. The monoisotopic (exact) mass is 246 g/mol. The minimum absolute atomic E-state index is 0.109. The van der Waals surface area contributed by atoms with Crippen molar-refractivity contribution in [3.05, 3.63) is 28.9 Å². The molecule has 0 aliphatic heterocycles. The van der Waals surface area contributed by atoms with E-state index < -0.39 is 0 Å². The van der Waals surface area contributed by atoms with Gasteiger partial charge in [0.1, 0.15) is 9.53 Å². The van der Waals surface area contributed by atoms with Crippen molar-refractivity contribution >= 4 is 37.5 Å². The van der Waals surface area contributed by atoms with Gasteiger partial charge in [0.15, 0.2) is 0 Å². The molecule has 0 aliphatic rings. The lowest BCUT2D eigenvalue weighted by atomic mass is 10.2. The van der Waals surface area contributed by atoms with Gasteiger partial charge >= 0.3 is 0 Å². The van der Waals surface area contributed by atoms with E-state index in [1.54, 1.807) is 6.20 Å². The number of rotatable bonds is 1. The molecule has 0 fully saturated rings. The van der Waals surface area contributed by atoms with Gasteiger partial charge in [0.05, 0.1) is 22.9 Å². The molecule has 0 amide bonds. The van der Waals surface area contributed by atoms with Gasteiger partial charge in [-0.25, -0.2) is 9.97 Å². The van der Waals surface area contributed by atoms with Gasteiger partial charge < -0.3 is 9.88 Å². The second-order valence-electron chi connectivity index (χ2n) is 3.92. The number of nitrogens with zero attached hydrogens (tertiary/aromatic N) is 3. The smallest absolute Gasteiger partial charge is 0.268 e. The number of hydrogen-bond acceptors (Lipinski definition) is 5. The van der Waals surface area contributed by atoms with Gasteiger partial charge in [-0.15, -0.1) is 11.3 Å². The Labute approximate surface area is 101 Å². The SMILES string of the molecule is CN(C)c1ccnc2sc3c(=O)[nH]cnc3c12. The van der Waals surface area contributed by atoms with Crippen LogP contribution in [0.5, 0.6) is 0 Å². The average molecular weight is 246 g/mol. The van der Waals surface area contributed by atoms with E-state index in [9.17, 15) is 4.79 Å². The molecule has 6 heteroatoms. The maximum Gasteiger partial charge on any atom is 0.268 e. The quantitative estimate of drug-likeness (QED) is 0.708. The zero-order chi connectivity index (χ0) is 12.0. The standard InChI is InChI=1S/C11H10N4OS/c1-15(2)6-3-4-12-11-7(6)8-9(17-11)10(16)14-5-13-8/h3-5H,1-2H3,(H,13,14,16). The Balaban J connectivity index is 2.59. The number of nitrogens with one attached hydrogen (secondary N) is 1. The fourth-order valence-electron chi connectivity index (χ4n) is 1.86. The molecule has 0 bridgehead atoms. The maximum atomic E-state index is 11.7. The summed E-state index contributed by atoms with van der Waals surface area (Å²) in [4.78, 5) is 25.7. The van der Waals surface area contributed by atoms with E-state index in [1.807, 2.05) is 25.1 Å². The van der Waals surface area contributed by atoms with Crippen LogP contribution in [0.1, 0.15) is 0 Å². The van der Waals surface area contributed by atoms with Gasteiger partial charge in [0, 0.05) is 20.3 Å². The van der Waals surface area contributed by atoms with Crippen LogP contribution in [0.3, 0.4) is 0 Å². The zero-order valence-corrected chi connectivity index (χ0v) is 10.2. The fourth-order valence-corrected chi connectivity index (χ4v) is 2.88. The van der Waals surface area contributed by atoms with Gasteiger partial charge in [0.2, 0.25) is 0 Å². The lowest BCUT2D eigenvalue weighted by Gasteiger charge is -2.12. The molecule has 0 aromatic carbocycles. The predicted molar refractivity (Wildman–Crippen MR) is 69.9 cm³/mol. The Morgan fingerprint density at radius 2 is 2.18 bits per heavy atom. The predicted octanol–water partition coefficient (Wildman–Crippen LogP) is 1.60. The van der Waals surface area contributed by atoms with Crippen LogP contribution in [0.4, 0.5) is 5.69 Å². The molecule has 3 heterocycles. The molecule has 0 saturated carbocycles. The number of hydrogen-bond donors (Lipinski definition) is 1. The normalized spacial score (nSPS) is 11.2. The second-order valence-corrected chi connectivity index (χ2v) is 4.92. The number of aromatic amines is 1. The molecule has 0 saturated heterocycles. The summed E-state index contributed by atoms with van der Waals surface area (Å²) in [5.74, 6) is 0. The molecule has 0 atom stereocenters. The molecule has 3 rings (SSSR count). The summed E-state index contributed by atoms with van der Waals surface area (Å²) in [7, 11) is 3.93. The van der Waals surface area contributed by atoms with Gasteiger partial charge in [-0.05, 0) is 6.07 Å². The highest BCUT2D eigenvalue weighted by Crippen LogP contribution is 2.34. The number of fused-ring (bicyclic) bond motifs is 3. The summed E-state index contributed by atoms with van der Waals surface area (Å²) in [6.07, 6.45) is 3.19. The van der Waals surface area contributed by atoms with Crippen LogP contribution in [0.15, 0.2) is 23.4 Å². The van der Waals surface area contributed by atoms with Gasteiger partial charge in [-0.3, -0.25) is 4.79 Å². The lowest BCUT2D eigenvalue weighted by molar-refractivity contribution is 1.14. The Morgan fingerprint density at radius 3 is 2.94 bits per heavy atom. The fraction of sp³-hybridized carbons (Fsp3) is 0.182. The van der Waals surface area contributed by atoms with Gasteiger partial charge in [0.25, 0.3) is 5.56 Å². The van der Waals surface area contributed by atoms with E-state index in [0.717, 1.165) is 21.4 Å². The van der Waals surface area contributed by atoms with Crippen LogP contribution in [0, 0.1) is 0 Å². The molecule has 1 N–H and O–H groups in total. The molecule has 3 aromatic rings. The minimum atomic E-state index is -0.109. The Morgan fingerprint density at radius 1 is 1.35 bits per heavy atom. The van der Waals surface area contributed by atoms with E-state index in [-0.39, 0.29) is 5.56 Å². The summed E-state index contributed by atoms with van der Waals surface area (Å²) in [6, 6.07) is 1.93. The molecule has 86 valence electrons. The Bertz CT molecular complexity index is 759. The molecule has 5 nitrogen and oxygen atoms in total. The minimum Gasteiger partial charge on any atom is -0.377 e. The third-order valence-corrected chi connectivity index (χ3v) is 3.71. The topological polar surface area (TPSA) is 61.9 Å².